The van der Waals surface area contributed by atoms with Gasteiger partial charge in [0, 0.05) is 10.8 Å². The fourth-order valence-electron chi connectivity index (χ4n) is 1.56. The molecule has 0 aliphatic carbocycles. The summed E-state index contributed by atoms with van der Waals surface area (Å²) in [5.41, 5.74) is -0.764. The Bertz CT molecular complexity index is 257. The van der Waals surface area contributed by atoms with Crippen molar-refractivity contribution in [1.82, 2.24) is 0 Å². The van der Waals surface area contributed by atoms with Gasteiger partial charge in [-0.15, -0.1) is 0 Å². The smallest absolute Gasteiger partial charge is 0.303 e. The third-order valence-electron chi connectivity index (χ3n) is 2.17. The van der Waals surface area contributed by atoms with Crippen molar-refractivity contribution in [3.8, 4) is 0 Å². The van der Waals surface area contributed by atoms with Crippen molar-refractivity contribution in [3.63, 3.8) is 0 Å². The average Bonchev–Trinajstić information content (AvgIpc) is 1.77. The number of hydrogen-bond acceptors (Lipinski definition) is 2. The Morgan fingerprint density at radius 3 is 1.33 bits per heavy atom. The second kappa shape index (κ2) is 4.26. The quantitative estimate of drug-likeness (QED) is 0.456. The number of rotatable bonds is 2. The van der Waals surface area contributed by atoms with Crippen LogP contribution in [0.5, 0.6) is 0 Å². The lowest BCUT2D eigenvalue weighted by molar-refractivity contribution is -0.0372. The van der Waals surface area contributed by atoms with Crippen LogP contribution in [0.15, 0.2) is 0 Å². The van der Waals surface area contributed by atoms with Gasteiger partial charge in [-0.25, -0.2) is 4.57 Å². The van der Waals surface area contributed by atoms with Crippen LogP contribution < -0.4 is 0 Å². The zero-order valence-corrected chi connectivity index (χ0v) is 13.1. The highest BCUT2D eigenvalue weighted by Gasteiger charge is 2.53. The maximum atomic E-state index is 11.0. The summed E-state index contributed by atoms with van der Waals surface area (Å²) < 4.78 is 15.1. The summed E-state index contributed by atoms with van der Waals surface area (Å²) in [6.45, 7) is 11.4. The molecule has 0 bridgehead atoms. The highest BCUT2D eigenvalue weighted by Crippen LogP contribution is 2.58. The SMILES string of the molecule is CC(C)(C)C(I)(OP(=O)(O)O)C(C)(C)C. The molecule has 0 rings (SSSR count). The molecule has 0 saturated heterocycles. The molecular formula is C9H20IO4P. The summed E-state index contributed by atoms with van der Waals surface area (Å²) in [5.74, 6) is 0. The van der Waals surface area contributed by atoms with Crippen molar-refractivity contribution in [2.75, 3.05) is 0 Å². The molecule has 0 amide bonds. The average molecular weight is 350 g/mol. The summed E-state index contributed by atoms with van der Waals surface area (Å²) in [5, 5.41) is 0. The van der Waals surface area contributed by atoms with Crippen LogP contribution in [0.1, 0.15) is 41.5 Å². The van der Waals surface area contributed by atoms with E-state index in [1.54, 1.807) is 0 Å². The Hall–Kier alpha value is 0.840. The second-order valence-electron chi connectivity index (χ2n) is 5.68. The van der Waals surface area contributed by atoms with Crippen molar-refractivity contribution in [2.45, 2.75) is 45.2 Å². The monoisotopic (exact) mass is 350 g/mol. The van der Waals surface area contributed by atoms with Crippen LogP contribution in [0.2, 0.25) is 0 Å². The van der Waals surface area contributed by atoms with Crippen LogP contribution in [0, 0.1) is 10.8 Å². The largest absolute Gasteiger partial charge is 0.470 e. The summed E-state index contributed by atoms with van der Waals surface area (Å²) in [6.07, 6.45) is 0. The lowest BCUT2D eigenvalue weighted by atomic mass is 9.74. The van der Waals surface area contributed by atoms with Gasteiger partial charge in [-0.3, -0.25) is 4.52 Å². The highest BCUT2D eigenvalue weighted by atomic mass is 127. The molecule has 0 spiro atoms. The van der Waals surface area contributed by atoms with E-state index in [9.17, 15) is 4.57 Å². The van der Waals surface area contributed by atoms with Gasteiger partial charge in [0.1, 0.15) is 3.61 Å². The first kappa shape index (κ1) is 15.8. The molecule has 0 aromatic heterocycles. The highest BCUT2D eigenvalue weighted by molar-refractivity contribution is 14.1. The number of halogens is 1. The lowest BCUT2D eigenvalue weighted by Gasteiger charge is -2.48. The first-order valence-electron chi connectivity index (χ1n) is 4.66. The van der Waals surface area contributed by atoms with E-state index in [2.05, 4.69) is 0 Å². The minimum absolute atomic E-state index is 0.382. The molecule has 0 radical (unpaired) electrons. The third kappa shape index (κ3) is 3.97. The molecule has 92 valence electrons. The van der Waals surface area contributed by atoms with E-state index in [1.807, 2.05) is 64.1 Å². The molecule has 15 heavy (non-hydrogen) atoms. The molecular weight excluding hydrogens is 330 g/mol. The van der Waals surface area contributed by atoms with Gasteiger partial charge in [0.15, 0.2) is 0 Å². The molecule has 4 nitrogen and oxygen atoms in total. The van der Waals surface area contributed by atoms with Crippen LogP contribution in [-0.2, 0) is 9.09 Å². The Morgan fingerprint density at radius 2 is 1.27 bits per heavy atom. The zero-order valence-electron chi connectivity index (χ0n) is 10.0. The number of phosphoric acid groups is 1. The normalized spacial score (nSPS) is 15.5. The van der Waals surface area contributed by atoms with Crippen LogP contribution in [0.25, 0.3) is 0 Å². The summed E-state index contributed by atoms with van der Waals surface area (Å²) in [4.78, 5) is 17.9. The Balaban J connectivity index is 5.35. The van der Waals surface area contributed by atoms with Gasteiger partial charge >= 0.3 is 7.82 Å². The number of alkyl halides is 1. The predicted octanol–water partition coefficient (Wildman–Crippen LogP) is 3.32. The number of hydrogen-bond donors (Lipinski definition) is 2. The maximum Gasteiger partial charge on any atom is 0.470 e. The predicted molar refractivity (Wildman–Crippen MR) is 68.8 cm³/mol. The molecule has 0 unspecified atom stereocenters. The Labute approximate surface area is 105 Å². The van der Waals surface area contributed by atoms with Crippen LogP contribution >= 0.6 is 30.4 Å². The van der Waals surface area contributed by atoms with Crippen molar-refractivity contribution >= 4 is 30.4 Å². The van der Waals surface area contributed by atoms with Crippen LogP contribution in [0.4, 0.5) is 0 Å². The van der Waals surface area contributed by atoms with E-state index in [0.717, 1.165) is 0 Å². The third-order valence-corrected chi connectivity index (χ3v) is 6.49. The van der Waals surface area contributed by atoms with Gasteiger partial charge in [-0.1, -0.05) is 41.5 Å². The summed E-state index contributed by atoms with van der Waals surface area (Å²) in [6, 6.07) is 0. The minimum atomic E-state index is -4.49. The number of phosphoric ester groups is 1. The van der Waals surface area contributed by atoms with Crippen molar-refractivity contribution in [2.24, 2.45) is 10.8 Å². The Kier molecular flexibility index (Phi) is 4.50. The summed E-state index contributed by atoms with van der Waals surface area (Å²) >= 11 is 2.00. The van der Waals surface area contributed by atoms with Gasteiger partial charge in [-0.05, 0) is 22.6 Å². The topological polar surface area (TPSA) is 66.8 Å². The molecule has 0 aromatic rings. The molecule has 0 aliphatic rings. The first-order valence-corrected chi connectivity index (χ1v) is 7.27. The van der Waals surface area contributed by atoms with E-state index >= 15 is 0 Å². The summed E-state index contributed by atoms with van der Waals surface area (Å²) in [7, 11) is -4.49. The van der Waals surface area contributed by atoms with Crippen molar-refractivity contribution < 1.29 is 18.9 Å². The maximum absolute atomic E-state index is 11.0. The Morgan fingerprint density at radius 1 is 1.00 bits per heavy atom. The lowest BCUT2D eigenvalue weighted by Crippen LogP contribution is -2.49. The van der Waals surface area contributed by atoms with Gasteiger partial charge in [0.2, 0.25) is 0 Å². The molecule has 0 fully saturated rings. The molecule has 0 aromatic carbocycles. The standard InChI is InChI=1S/C9H20IO4P/c1-7(2,3)9(10,8(4,5)6)14-15(11,12)13/h1-6H3,(H2,11,12,13). The molecule has 6 heteroatoms. The van der Waals surface area contributed by atoms with E-state index in [1.165, 1.54) is 0 Å². The molecule has 0 atom stereocenters. The molecule has 2 N–H and O–H groups in total. The molecule has 0 aliphatic heterocycles. The second-order valence-corrected chi connectivity index (χ2v) is 8.36. The van der Waals surface area contributed by atoms with Gasteiger partial charge in [0.25, 0.3) is 0 Å². The van der Waals surface area contributed by atoms with Crippen molar-refractivity contribution in [3.05, 3.63) is 0 Å². The van der Waals surface area contributed by atoms with E-state index in [0.29, 0.717) is 0 Å². The van der Waals surface area contributed by atoms with Crippen LogP contribution in [-0.4, -0.2) is 13.4 Å². The molecule has 0 saturated carbocycles. The first-order chi connectivity index (χ1) is 6.21. The fraction of sp³-hybridized carbons (Fsp3) is 1.00. The van der Waals surface area contributed by atoms with E-state index in [4.69, 9.17) is 14.3 Å². The van der Waals surface area contributed by atoms with Gasteiger partial charge in [0.05, 0.1) is 0 Å². The zero-order chi connectivity index (χ0) is 12.7. The fourth-order valence-corrected chi connectivity index (χ4v) is 3.21. The van der Waals surface area contributed by atoms with Crippen molar-refractivity contribution in [1.29, 1.82) is 0 Å². The van der Waals surface area contributed by atoms with Gasteiger partial charge in [-0.2, -0.15) is 0 Å². The van der Waals surface area contributed by atoms with E-state index in [-0.39, 0.29) is 10.8 Å². The van der Waals surface area contributed by atoms with Crippen LogP contribution in [0.3, 0.4) is 0 Å². The van der Waals surface area contributed by atoms with E-state index < -0.39 is 11.4 Å². The molecule has 0 heterocycles. The van der Waals surface area contributed by atoms with Gasteiger partial charge < -0.3 is 9.79 Å². The minimum Gasteiger partial charge on any atom is -0.303 e.